The van der Waals surface area contributed by atoms with Gasteiger partial charge in [0.1, 0.15) is 0 Å². The lowest BCUT2D eigenvalue weighted by Gasteiger charge is -2.00. The first-order valence-corrected chi connectivity index (χ1v) is 5.27. The van der Waals surface area contributed by atoms with E-state index >= 15 is 0 Å². The van der Waals surface area contributed by atoms with Crippen molar-refractivity contribution in [2.75, 3.05) is 26.7 Å². The van der Waals surface area contributed by atoms with Crippen molar-refractivity contribution in [2.24, 2.45) is 0 Å². The molecule has 0 heterocycles. The molecule has 0 saturated carbocycles. The zero-order chi connectivity index (χ0) is 9.66. The van der Waals surface area contributed by atoms with E-state index in [4.69, 9.17) is 0 Å². The fourth-order valence-corrected chi connectivity index (χ4v) is 0.905. The van der Waals surface area contributed by atoms with Gasteiger partial charge in [-0.3, -0.25) is 0 Å². The van der Waals surface area contributed by atoms with E-state index in [9.17, 15) is 0 Å². The van der Waals surface area contributed by atoms with Crippen molar-refractivity contribution in [3.8, 4) is 0 Å². The van der Waals surface area contributed by atoms with Crippen LogP contribution in [-0.2, 0) is 0 Å². The molecule has 0 aromatic rings. The van der Waals surface area contributed by atoms with Gasteiger partial charge in [0.25, 0.3) is 0 Å². The van der Waals surface area contributed by atoms with Gasteiger partial charge in [-0.15, -0.1) is 0 Å². The van der Waals surface area contributed by atoms with E-state index in [2.05, 4.69) is 17.6 Å². The van der Waals surface area contributed by atoms with E-state index in [-0.39, 0.29) is 2.85 Å². The SMILES string of the molecule is CC.CCNCCCCCNC.[HH].[HH]. The van der Waals surface area contributed by atoms with Crippen LogP contribution < -0.4 is 10.6 Å². The Balaban J connectivity index is -0.000000117. The maximum absolute atomic E-state index is 3.30. The molecule has 0 amide bonds. The normalized spacial score (nSPS) is 9.00. The van der Waals surface area contributed by atoms with Crippen LogP contribution in [0.1, 0.15) is 42.9 Å². The molecular weight excluding hydrogens is 148 g/mol. The predicted octanol–water partition coefficient (Wildman–Crippen LogP) is 2.50. The summed E-state index contributed by atoms with van der Waals surface area (Å²) < 4.78 is 0. The van der Waals surface area contributed by atoms with Crippen LogP contribution in [0, 0.1) is 0 Å². The molecule has 0 aliphatic rings. The first-order chi connectivity index (χ1) is 5.91. The minimum absolute atomic E-state index is 0. The van der Waals surface area contributed by atoms with Gasteiger partial charge in [0.2, 0.25) is 0 Å². The van der Waals surface area contributed by atoms with Crippen molar-refractivity contribution in [1.29, 1.82) is 0 Å². The quantitative estimate of drug-likeness (QED) is 0.585. The van der Waals surface area contributed by atoms with Crippen molar-refractivity contribution in [3.05, 3.63) is 0 Å². The fourth-order valence-electron chi connectivity index (χ4n) is 0.905. The Morgan fingerprint density at radius 2 is 1.58 bits per heavy atom. The molecule has 0 unspecified atom stereocenters. The minimum atomic E-state index is 0. The van der Waals surface area contributed by atoms with Gasteiger partial charge in [0.05, 0.1) is 0 Å². The maximum atomic E-state index is 3.30. The Labute approximate surface area is 81.1 Å². The van der Waals surface area contributed by atoms with Gasteiger partial charge in [-0.1, -0.05) is 27.2 Å². The molecule has 12 heavy (non-hydrogen) atoms. The Morgan fingerprint density at radius 3 is 2.08 bits per heavy atom. The van der Waals surface area contributed by atoms with E-state index < -0.39 is 0 Å². The monoisotopic (exact) mass is 178 g/mol. The zero-order valence-electron chi connectivity index (χ0n) is 9.24. The lowest BCUT2D eigenvalue weighted by Crippen LogP contribution is -2.14. The van der Waals surface area contributed by atoms with Crippen LogP contribution >= 0.6 is 0 Å². The second kappa shape index (κ2) is 17.1. The summed E-state index contributed by atoms with van der Waals surface area (Å²) in [6.07, 6.45) is 3.96. The molecule has 2 N–H and O–H groups in total. The highest BCUT2D eigenvalue weighted by molar-refractivity contribution is 4.47. The Morgan fingerprint density at radius 1 is 1.00 bits per heavy atom. The van der Waals surface area contributed by atoms with Crippen molar-refractivity contribution in [1.82, 2.24) is 10.6 Å². The number of hydrogen-bond acceptors (Lipinski definition) is 2. The largest absolute Gasteiger partial charge is 0.320 e. The highest BCUT2D eigenvalue weighted by Gasteiger charge is 1.86. The maximum Gasteiger partial charge on any atom is 0 e. The number of nitrogens with one attached hydrogen (secondary N) is 2. The Kier molecular flexibility index (Phi) is 20.6. The van der Waals surface area contributed by atoms with E-state index in [1.807, 2.05) is 20.9 Å². The second-order valence-electron chi connectivity index (χ2n) is 2.52. The molecule has 0 aromatic carbocycles. The summed E-state index contributed by atoms with van der Waals surface area (Å²) >= 11 is 0. The predicted molar refractivity (Wildman–Crippen MR) is 61.9 cm³/mol. The molecule has 0 spiro atoms. The van der Waals surface area contributed by atoms with Crippen molar-refractivity contribution >= 4 is 0 Å². The van der Waals surface area contributed by atoms with Crippen LogP contribution in [-0.4, -0.2) is 26.7 Å². The molecule has 0 aliphatic carbocycles. The lowest BCUT2D eigenvalue weighted by molar-refractivity contribution is 0.601. The average molecular weight is 178 g/mol. The van der Waals surface area contributed by atoms with Gasteiger partial charge >= 0.3 is 0 Å². The molecule has 0 fully saturated rings. The fraction of sp³-hybridized carbons (Fsp3) is 1.00. The summed E-state index contributed by atoms with van der Waals surface area (Å²) in [5, 5.41) is 6.44. The van der Waals surface area contributed by atoms with Crippen LogP contribution in [0.25, 0.3) is 0 Å². The van der Waals surface area contributed by atoms with Crippen LogP contribution in [0.15, 0.2) is 0 Å². The average Bonchev–Trinajstić information content (AvgIpc) is 2.15. The van der Waals surface area contributed by atoms with Crippen LogP contribution in [0.2, 0.25) is 0 Å². The molecule has 0 aromatic heterocycles. The standard InChI is InChI=1S/C8H20N2.C2H6.2H2/c1-3-10-8-6-4-5-7-9-2;1-2;;/h9-10H,3-8H2,1-2H3;1-2H3;2*1H. The van der Waals surface area contributed by atoms with Crippen LogP contribution in [0.3, 0.4) is 0 Å². The summed E-state index contributed by atoms with van der Waals surface area (Å²) in [7, 11) is 2.00. The van der Waals surface area contributed by atoms with E-state index in [0.29, 0.717) is 0 Å². The molecule has 0 bridgehead atoms. The highest BCUT2D eigenvalue weighted by atomic mass is 14.8. The second-order valence-corrected chi connectivity index (χ2v) is 2.52. The van der Waals surface area contributed by atoms with Crippen molar-refractivity contribution in [3.63, 3.8) is 0 Å². The number of rotatable bonds is 7. The van der Waals surface area contributed by atoms with Gasteiger partial charge < -0.3 is 10.6 Å². The zero-order valence-corrected chi connectivity index (χ0v) is 9.24. The molecule has 2 heteroatoms. The molecule has 0 aliphatic heterocycles. The van der Waals surface area contributed by atoms with E-state index in [1.165, 1.54) is 25.8 Å². The van der Waals surface area contributed by atoms with E-state index in [1.54, 1.807) is 0 Å². The van der Waals surface area contributed by atoms with Gasteiger partial charge in [0.15, 0.2) is 0 Å². The molecular formula is C10H30N2. The third-order valence-corrected chi connectivity index (χ3v) is 1.53. The molecule has 0 atom stereocenters. The Hall–Kier alpha value is -0.0800. The molecule has 0 saturated heterocycles. The van der Waals surface area contributed by atoms with Gasteiger partial charge in [-0.25, -0.2) is 0 Å². The van der Waals surface area contributed by atoms with Gasteiger partial charge in [-0.05, 0) is 39.5 Å². The summed E-state index contributed by atoms with van der Waals surface area (Å²) in [5.41, 5.74) is 0. The summed E-state index contributed by atoms with van der Waals surface area (Å²) in [4.78, 5) is 0. The van der Waals surface area contributed by atoms with Crippen molar-refractivity contribution in [2.45, 2.75) is 40.0 Å². The number of unbranched alkanes of at least 4 members (excludes halogenated alkanes) is 2. The first kappa shape index (κ1) is 14.4. The van der Waals surface area contributed by atoms with Crippen LogP contribution in [0.5, 0.6) is 0 Å². The number of hydrogen-bond donors (Lipinski definition) is 2. The topological polar surface area (TPSA) is 24.1 Å². The third-order valence-electron chi connectivity index (χ3n) is 1.53. The van der Waals surface area contributed by atoms with Crippen molar-refractivity contribution < 1.29 is 2.85 Å². The summed E-state index contributed by atoms with van der Waals surface area (Å²) in [5.74, 6) is 0. The van der Waals surface area contributed by atoms with Crippen LogP contribution in [0.4, 0.5) is 0 Å². The van der Waals surface area contributed by atoms with Gasteiger partial charge in [0, 0.05) is 2.85 Å². The molecule has 0 radical (unpaired) electrons. The third kappa shape index (κ3) is 16.5. The summed E-state index contributed by atoms with van der Waals surface area (Å²) in [6, 6.07) is 0. The summed E-state index contributed by atoms with van der Waals surface area (Å²) in [6.45, 7) is 9.59. The molecule has 80 valence electrons. The molecule has 0 rings (SSSR count). The van der Waals surface area contributed by atoms with Gasteiger partial charge in [-0.2, -0.15) is 0 Å². The molecule has 2 nitrogen and oxygen atoms in total. The van der Waals surface area contributed by atoms with E-state index in [0.717, 1.165) is 13.1 Å². The Bertz CT molecular complexity index is 56.1. The highest BCUT2D eigenvalue weighted by Crippen LogP contribution is 1.91. The first-order valence-electron chi connectivity index (χ1n) is 5.27. The smallest absolute Gasteiger partial charge is 0 e. The lowest BCUT2D eigenvalue weighted by atomic mass is 10.2. The minimum Gasteiger partial charge on any atom is -0.320 e.